The predicted molar refractivity (Wildman–Crippen MR) is 89.4 cm³/mol. The summed E-state index contributed by atoms with van der Waals surface area (Å²) >= 11 is 0. The number of nitrogens with one attached hydrogen (secondary N) is 2. The lowest BCUT2D eigenvalue weighted by molar-refractivity contribution is -0.132. The molecule has 2 N–H and O–H groups in total. The van der Waals surface area contributed by atoms with E-state index in [1.807, 2.05) is 43.3 Å². The quantitative estimate of drug-likeness (QED) is 0.560. The van der Waals surface area contributed by atoms with Crippen molar-refractivity contribution in [2.24, 2.45) is 4.99 Å². The molecule has 136 valence electrons. The molecule has 0 saturated heterocycles. The van der Waals surface area contributed by atoms with Crippen LogP contribution in [0.25, 0.3) is 0 Å². The van der Waals surface area contributed by atoms with Gasteiger partial charge < -0.3 is 20.3 Å². The number of aliphatic imine (C=N–C) groups is 1. The van der Waals surface area contributed by atoms with E-state index in [0.717, 1.165) is 17.9 Å². The van der Waals surface area contributed by atoms with E-state index in [9.17, 15) is 13.2 Å². The lowest BCUT2D eigenvalue weighted by atomic mass is 10.2. The highest BCUT2D eigenvalue weighted by Crippen LogP contribution is 2.18. The third kappa shape index (κ3) is 9.24. The van der Waals surface area contributed by atoms with Crippen LogP contribution in [0.1, 0.15) is 12.0 Å². The van der Waals surface area contributed by atoms with Crippen LogP contribution in [0.2, 0.25) is 0 Å². The highest BCUT2D eigenvalue weighted by Gasteiger charge is 2.26. The maximum Gasteiger partial charge on any atom is 0.390 e. The Morgan fingerprint density at radius 2 is 2.00 bits per heavy atom. The van der Waals surface area contributed by atoms with Crippen LogP contribution in [0, 0.1) is 0 Å². The number of hydrogen-bond acceptors (Lipinski definition) is 3. The molecule has 1 rings (SSSR count). The molecule has 0 bridgehead atoms. The summed E-state index contributed by atoms with van der Waals surface area (Å²) in [5, 5.41) is 5.62. The molecule has 1 aromatic carbocycles. The van der Waals surface area contributed by atoms with Crippen LogP contribution in [0.5, 0.6) is 5.75 Å². The van der Waals surface area contributed by atoms with Gasteiger partial charge in [-0.15, -0.1) is 0 Å². The zero-order chi connectivity index (χ0) is 18.0. The molecule has 0 aliphatic carbocycles. The lowest BCUT2D eigenvalue weighted by Gasteiger charge is -2.14. The van der Waals surface area contributed by atoms with Crippen molar-refractivity contribution in [2.75, 3.05) is 40.8 Å². The van der Waals surface area contributed by atoms with Gasteiger partial charge in [-0.2, -0.15) is 13.2 Å². The van der Waals surface area contributed by atoms with Crippen molar-refractivity contribution in [3.63, 3.8) is 0 Å². The van der Waals surface area contributed by atoms with E-state index in [0.29, 0.717) is 19.1 Å². The number of hydrogen-bond donors (Lipinski definition) is 2. The molecular formula is C16H25F3N4O. The van der Waals surface area contributed by atoms with Gasteiger partial charge in [0.2, 0.25) is 0 Å². The number of guanidine groups is 1. The predicted octanol–water partition coefficient (Wildman–Crippen LogP) is 2.24. The topological polar surface area (TPSA) is 48.9 Å². The van der Waals surface area contributed by atoms with Crippen LogP contribution in [0.4, 0.5) is 13.2 Å². The van der Waals surface area contributed by atoms with E-state index in [2.05, 4.69) is 15.6 Å². The highest BCUT2D eigenvalue weighted by molar-refractivity contribution is 5.79. The summed E-state index contributed by atoms with van der Waals surface area (Å²) in [6.45, 7) is 1.64. The molecule has 1 aromatic rings. The zero-order valence-corrected chi connectivity index (χ0v) is 14.3. The molecule has 0 amide bonds. The van der Waals surface area contributed by atoms with Crippen molar-refractivity contribution < 1.29 is 17.9 Å². The van der Waals surface area contributed by atoms with Gasteiger partial charge in [-0.05, 0) is 31.8 Å². The molecule has 5 nitrogen and oxygen atoms in total. The summed E-state index contributed by atoms with van der Waals surface area (Å²) in [7, 11) is 5.46. The van der Waals surface area contributed by atoms with Crippen LogP contribution in [0.3, 0.4) is 0 Å². The highest BCUT2D eigenvalue weighted by atomic mass is 19.4. The SMILES string of the molecule is CN=C(NCCC(F)(F)F)NCc1cccc(OCCN(C)C)c1. The van der Waals surface area contributed by atoms with Crippen LogP contribution < -0.4 is 15.4 Å². The molecule has 0 spiro atoms. The largest absolute Gasteiger partial charge is 0.492 e. The second-order valence-corrected chi connectivity index (χ2v) is 5.52. The fourth-order valence-corrected chi connectivity index (χ4v) is 1.82. The Bertz CT molecular complexity index is 518. The Labute approximate surface area is 140 Å². The smallest absolute Gasteiger partial charge is 0.390 e. The molecule has 0 aromatic heterocycles. The van der Waals surface area contributed by atoms with Gasteiger partial charge in [0.1, 0.15) is 12.4 Å². The molecule has 24 heavy (non-hydrogen) atoms. The summed E-state index contributed by atoms with van der Waals surface area (Å²) in [5.41, 5.74) is 0.955. The second kappa shape index (κ2) is 10.0. The Morgan fingerprint density at radius 1 is 1.25 bits per heavy atom. The first-order chi connectivity index (χ1) is 11.3. The van der Waals surface area contributed by atoms with Crippen LogP contribution in [0.15, 0.2) is 29.3 Å². The van der Waals surface area contributed by atoms with Gasteiger partial charge in [0.15, 0.2) is 5.96 Å². The summed E-state index contributed by atoms with van der Waals surface area (Å²) in [5.74, 6) is 1.09. The van der Waals surface area contributed by atoms with Crippen molar-refractivity contribution in [3.05, 3.63) is 29.8 Å². The summed E-state index contributed by atoms with van der Waals surface area (Å²) in [6, 6.07) is 7.55. The van der Waals surface area contributed by atoms with E-state index < -0.39 is 12.6 Å². The molecule has 0 atom stereocenters. The number of benzene rings is 1. The Balaban J connectivity index is 2.42. The molecule has 0 aliphatic rings. The number of ether oxygens (including phenoxy) is 1. The van der Waals surface area contributed by atoms with Crippen LogP contribution in [-0.4, -0.2) is 57.9 Å². The average Bonchev–Trinajstić information content (AvgIpc) is 2.49. The molecule has 8 heteroatoms. The lowest BCUT2D eigenvalue weighted by Crippen LogP contribution is -2.38. The second-order valence-electron chi connectivity index (χ2n) is 5.52. The van der Waals surface area contributed by atoms with Gasteiger partial charge in [0.05, 0.1) is 6.42 Å². The normalized spacial score (nSPS) is 12.4. The van der Waals surface area contributed by atoms with Crippen molar-refractivity contribution >= 4 is 5.96 Å². The monoisotopic (exact) mass is 346 g/mol. The van der Waals surface area contributed by atoms with Crippen LogP contribution in [-0.2, 0) is 6.54 Å². The van der Waals surface area contributed by atoms with Crippen molar-refractivity contribution in [1.82, 2.24) is 15.5 Å². The minimum atomic E-state index is -4.18. The first kappa shape index (κ1) is 20.1. The molecule has 0 radical (unpaired) electrons. The van der Waals surface area contributed by atoms with E-state index in [-0.39, 0.29) is 6.54 Å². The van der Waals surface area contributed by atoms with E-state index in [1.165, 1.54) is 7.05 Å². The number of likely N-dealkylation sites (N-methyl/N-ethyl adjacent to an activating group) is 1. The molecular weight excluding hydrogens is 321 g/mol. The van der Waals surface area contributed by atoms with Gasteiger partial charge in [-0.25, -0.2) is 0 Å². The van der Waals surface area contributed by atoms with Gasteiger partial charge in [-0.3, -0.25) is 4.99 Å². The maximum absolute atomic E-state index is 12.1. The summed E-state index contributed by atoms with van der Waals surface area (Å²) in [4.78, 5) is 5.93. The third-order valence-electron chi connectivity index (χ3n) is 3.09. The number of rotatable bonds is 8. The number of alkyl halides is 3. The minimum Gasteiger partial charge on any atom is -0.492 e. The van der Waals surface area contributed by atoms with Gasteiger partial charge in [-0.1, -0.05) is 12.1 Å². The molecule has 0 fully saturated rings. The Kier molecular flexibility index (Phi) is 8.39. The fourth-order valence-electron chi connectivity index (χ4n) is 1.82. The van der Waals surface area contributed by atoms with E-state index in [1.54, 1.807) is 0 Å². The minimum absolute atomic E-state index is 0.211. The first-order valence-corrected chi connectivity index (χ1v) is 7.68. The van der Waals surface area contributed by atoms with Gasteiger partial charge in [0, 0.05) is 26.7 Å². The maximum atomic E-state index is 12.1. The molecule has 0 unspecified atom stereocenters. The number of halogens is 3. The number of nitrogens with zero attached hydrogens (tertiary/aromatic N) is 2. The first-order valence-electron chi connectivity index (χ1n) is 7.68. The fraction of sp³-hybridized carbons (Fsp3) is 0.562. The van der Waals surface area contributed by atoms with Gasteiger partial charge in [0.25, 0.3) is 0 Å². The Morgan fingerprint density at radius 3 is 2.62 bits per heavy atom. The third-order valence-corrected chi connectivity index (χ3v) is 3.09. The molecule has 0 saturated carbocycles. The van der Waals surface area contributed by atoms with Gasteiger partial charge >= 0.3 is 6.18 Å². The molecule has 0 aliphatic heterocycles. The average molecular weight is 346 g/mol. The van der Waals surface area contributed by atoms with Crippen molar-refractivity contribution in [1.29, 1.82) is 0 Å². The summed E-state index contributed by atoms with van der Waals surface area (Å²) in [6.07, 6.45) is -5.08. The van der Waals surface area contributed by atoms with Crippen molar-refractivity contribution in [2.45, 2.75) is 19.1 Å². The molecule has 0 heterocycles. The van der Waals surface area contributed by atoms with E-state index in [4.69, 9.17) is 4.74 Å². The van der Waals surface area contributed by atoms with Crippen LogP contribution >= 0.6 is 0 Å². The Hall–Kier alpha value is -1.96. The van der Waals surface area contributed by atoms with Crippen molar-refractivity contribution in [3.8, 4) is 5.75 Å². The van der Waals surface area contributed by atoms with E-state index >= 15 is 0 Å². The summed E-state index contributed by atoms with van der Waals surface area (Å²) < 4.78 is 42.1. The zero-order valence-electron chi connectivity index (χ0n) is 14.3. The standard InChI is InChI=1S/C16H25F3N4O/c1-20-15(21-8-7-16(17,18)19)22-12-13-5-4-6-14(11-13)24-10-9-23(2)3/h4-6,11H,7-10,12H2,1-3H3,(H2,20,21,22).